The molecule has 1 saturated heterocycles. The van der Waals surface area contributed by atoms with Crippen molar-refractivity contribution in [1.29, 1.82) is 0 Å². The summed E-state index contributed by atoms with van der Waals surface area (Å²) in [6.07, 6.45) is 0. The highest BCUT2D eigenvalue weighted by atomic mass is 32.2. The lowest BCUT2D eigenvalue weighted by Gasteiger charge is -2.34. The summed E-state index contributed by atoms with van der Waals surface area (Å²) in [5, 5.41) is 9.72. The Morgan fingerprint density at radius 2 is 1.83 bits per heavy atom. The van der Waals surface area contributed by atoms with Crippen LogP contribution >= 0.6 is 0 Å². The van der Waals surface area contributed by atoms with E-state index in [0.29, 0.717) is 32.1 Å². The van der Waals surface area contributed by atoms with Gasteiger partial charge < -0.3 is 4.90 Å². The number of hydrogen-bond donors (Lipinski definition) is 1. The summed E-state index contributed by atoms with van der Waals surface area (Å²) < 4.78 is 26.0. The van der Waals surface area contributed by atoms with Gasteiger partial charge in [0, 0.05) is 44.0 Å². The zero-order valence-electron chi connectivity index (χ0n) is 13.6. The Kier molecular flexibility index (Phi) is 4.03. The van der Waals surface area contributed by atoms with Crippen molar-refractivity contribution in [3.63, 3.8) is 0 Å². The van der Waals surface area contributed by atoms with Gasteiger partial charge in [-0.05, 0) is 12.8 Å². The van der Waals surface area contributed by atoms with E-state index < -0.39 is 10.2 Å². The molecule has 8 nitrogen and oxygen atoms in total. The van der Waals surface area contributed by atoms with Gasteiger partial charge in [-0.1, -0.05) is 13.8 Å². The van der Waals surface area contributed by atoms with Gasteiger partial charge in [-0.2, -0.15) is 22.3 Å². The number of fused-ring (bicyclic) bond motifs is 1. The molecule has 9 heteroatoms. The minimum Gasteiger partial charge on any atom is -0.354 e. The van der Waals surface area contributed by atoms with E-state index in [-0.39, 0.29) is 0 Å². The highest BCUT2D eigenvalue weighted by Crippen LogP contribution is 2.23. The van der Waals surface area contributed by atoms with Crippen molar-refractivity contribution in [3.05, 3.63) is 23.5 Å². The Morgan fingerprint density at radius 1 is 1.17 bits per heavy atom. The van der Waals surface area contributed by atoms with Crippen molar-refractivity contribution in [2.75, 3.05) is 31.1 Å². The molecule has 0 saturated carbocycles. The Morgan fingerprint density at radius 3 is 2.39 bits per heavy atom. The first-order valence-corrected chi connectivity index (χ1v) is 9.16. The Labute approximate surface area is 136 Å². The van der Waals surface area contributed by atoms with Crippen LogP contribution in [0.1, 0.15) is 31.2 Å². The predicted molar refractivity (Wildman–Crippen MR) is 88.7 cm³/mol. The first-order chi connectivity index (χ1) is 10.8. The quantitative estimate of drug-likeness (QED) is 0.878. The molecule has 0 atom stereocenters. The smallest absolute Gasteiger partial charge is 0.277 e. The maximum absolute atomic E-state index is 11.4. The Hall–Kier alpha value is -1.71. The second-order valence-corrected chi connectivity index (χ2v) is 7.73. The third kappa shape index (κ3) is 3.17. The average Bonchev–Trinajstić information content (AvgIpc) is 2.85. The summed E-state index contributed by atoms with van der Waals surface area (Å²) in [6.45, 7) is 8.04. The van der Waals surface area contributed by atoms with Gasteiger partial charge in [0.2, 0.25) is 0 Å². The van der Waals surface area contributed by atoms with Gasteiger partial charge in [0.1, 0.15) is 5.82 Å². The van der Waals surface area contributed by atoms with Crippen molar-refractivity contribution in [2.45, 2.75) is 26.7 Å². The highest BCUT2D eigenvalue weighted by Gasteiger charge is 2.26. The van der Waals surface area contributed by atoms with Crippen LogP contribution in [0.25, 0.3) is 5.65 Å². The van der Waals surface area contributed by atoms with Gasteiger partial charge in [-0.25, -0.2) is 10.1 Å². The molecule has 2 aromatic heterocycles. The van der Waals surface area contributed by atoms with Gasteiger partial charge in [0.15, 0.2) is 5.65 Å². The maximum Gasteiger partial charge on any atom is 0.277 e. The van der Waals surface area contributed by atoms with E-state index >= 15 is 0 Å². The number of aryl methyl sites for hydroxylation is 1. The van der Waals surface area contributed by atoms with Crippen LogP contribution in [0.15, 0.2) is 12.1 Å². The molecule has 0 bridgehead atoms. The fourth-order valence-electron chi connectivity index (χ4n) is 2.78. The SMILES string of the molecule is Cc1cc2nc(C(C)C)cc(N3CCN(S(N)(=O)=O)CC3)n2n1. The van der Waals surface area contributed by atoms with Crippen LogP contribution in [0.4, 0.5) is 5.82 Å². The van der Waals surface area contributed by atoms with Crippen LogP contribution < -0.4 is 10.0 Å². The van der Waals surface area contributed by atoms with E-state index in [9.17, 15) is 8.42 Å². The second kappa shape index (κ2) is 5.73. The molecule has 2 aromatic rings. The first kappa shape index (κ1) is 16.2. The summed E-state index contributed by atoms with van der Waals surface area (Å²) >= 11 is 0. The van der Waals surface area contributed by atoms with Gasteiger partial charge >= 0.3 is 0 Å². The Bertz CT molecular complexity index is 821. The van der Waals surface area contributed by atoms with Crippen molar-refractivity contribution < 1.29 is 8.42 Å². The zero-order valence-corrected chi connectivity index (χ0v) is 14.4. The molecule has 3 heterocycles. The number of rotatable bonds is 3. The molecule has 1 aliphatic rings. The van der Waals surface area contributed by atoms with E-state index in [4.69, 9.17) is 5.14 Å². The van der Waals surface area contributed by atoms with E-state index in [2.05, 4.69) is 28.8 Å². The van der Waals surface area contributed by atoms with E-state index in [1.807, 2.05) is 23.6 Å². The largest absolute Gasteiger partial charge is 0.354 e. The molecule has 126 valence electrons. The lowest BCUT2D eigenvalue weighted by Crippen LogP contribution is -2.51. The van der Waals surface area contributed by atoms with Gasteiger partial charge in [0.25, 0.3) is 10.2 Å². The molecule has 0 radical (unpaired) electrons. The van der Waals surface area contributed by atoms with Crippen LogP contribution in [-0.4, -0.2) is 53.5 Å². The summed E-state index contributed by atoms with van der Waals surface area (Å²) in [4.78, 5) is 6.79. The molecule has 1 fully saturated rings. The van der Waals surface area contributed by atoms with Crippen molar-refractivity contribution in [2.24, 2.45) is 5.14 Å². The summed E-state index contributed by atoms with van der Waals surface area (Å²) in [6, 6.07) is 3.99. The fourth-order valence-corrected chi connectivity index (χ4v) is 3.46. The molecule has 0 unspecified atom stereocenters. The lowest BCUT2D eigenvalue weighted by molar-refractivity contribution is 0.383. The maximum atomic E-state index is 11.4. The third-order valence-corrected chi connectivity index (χ3v) is 5.15. The van der Waals surface area contributed by atoms with Crippen molar-refractivity contribution >= 4 is 21.7 Å². The number of anilines is 1. The van der Waals surface area contributed by atoms with Gasteiger partial charge in [0.05, 0.1) is 5.69 Å². The van der Waals surface area contributed by atoms with Crippen LogP contribution in [0.2, 0.25) is 0 Å². The molecule has 2 N–H and O–H groups in total. The second-order valence-electron chi connectivity index (χ2n) is 6.18. The van der Waals surface area contributed by atoms with Crippen molar-refractivity contribution in [1.82, 2.24) is 18.9 Å². The summed E-state index contributed by atoms with van der Waals surface area (Å²) in [7, 11) is -3.62. The third-order valence-electron chi connectivity index (χ3n) is 4.06. The summed E-state index contributed by atoms with van der Waals surface area (Å²) in [5.41, 5.74) is 2.72. The van der Waals surface area contributed by atoms with Gasteiger partial charge in [-0.3, -0.25) is 0 Å². The monoisotopic (exact) mass is 338 g/mol. The molecule has 3 rings (SSSR count). The molecular weight excluding hydrogens is 316 g/mol. The molecule has 0 spiro atoms. The molecule has 0 amide bonds. The normalized spacial score (nSPS) is 17.3. The fraction of sp³-hybridized carbons (Fsp3) is 0.571. The van der Waals surface area contributed by atoms with Crippen LogP contribution in [0.3, 0.4) is 0 Å². The minimum atomic E-state index is -3.62. The highest BCUT2D eigenvalue weighted by molar-refractivity contribution is 7.86. The minimum absolute atomic E-state index is 0.305. The number of hydrogen-bond acceptors (Lipinski definition) is 5. The molecule has 0 aliphatic carbocycles. The number of piperazine rings is 1. The van der Waals surface area contributed by atoms with Crippen LogP contribution in [0, 0.1) is 6.92 Å². The molecule has 1 aliphatic heterocycles. The van der Waals surface area contributed by atoms with Crippen LogP contribution in [0.5, 0.6) is 0 Å². The molecular formula is C14H22N6O2S. The van der Waals surface area contributed by atoms with Gasteiger partial charge in [-0.15, -0.1) is 0 Å². The number of aromatic nitrogens is 3. The topological polar surface area (TPSA) is 96.8 Å². The summed E-state index contributed by atoms with van der Waals surface area (Å²) in [5.74, 6) is 1.25. The van der Waals surface area contributed by atoms with Crippen molar-refractivity contribution in [3.8, 4) is 0 Å². The standard InChI is InChI=1S/C14H22N6O2S/c1-10(2)12-9-14(20-13(16-12)8-11(3)17-20)18-4-6-19(7-5-18)23(15,21)22/h8-10H,4-7H2,1-3H3,(H2,15,21,22). The Balaban J connectivity index is 1.96. The van der Waals surface area contributed by atoms with E-state index in [0.717, 1.165) is 22.9 Å². The van der Waals surface area contributed by atoms with E-state index in [1.54, 1.807) is 0 Å². The average molecular weight is 338 g/mol. The van der Waals surface area contributed by atoms with E-state index in [1.165, 1.54) is 4.31 Å². The number of nitrogens with two attached hydrogens (primary N) is 1. The first-order valence-electron chi connectivity index (χ1n) is 7.66. The number of nitrogens with zero attached hydrogens (tertiary/aromatic N) is 5. The van der Waals surface area contributed by atoms with Crippen LogP contribution in [-0.2, 0) is 10.2 Å². The zero-order chi connectivity index (χ0) is 16.8. The molecule has 23 heavy (non-hydrogen) atoms. The lowest BCUT2D eigenvalue weighted by atomic mass is 10.1. The molecule has 0 aromatic carbocycles. The predicted octanol–water partition coefficient (Wildman–Crippen LogP) is 0.487.